The second-order valence-electron chi connectivity index (χ2n) is 7.69. The standard InChI is InChI=1S/C21H19F3N4O3/c22-21(23,24)14-7-8-18-25-26-19(28(18)11-14)13-4-3-9-27(10-13)20(29)17-12-30-15-5-1-2-6-16(15)31-17/h1-2,5-8,11,13,17H,3-4,9-10,12H2/t13-,17-/m0/s1. The van der Waals surface area contributed by atoms with Gasteiger partial charge in [-0.3, -0.25) is 9.20 Å². The first-order valence-corrected chi connectivity index (χ1v) is 9.99. The van der Waals surface area contributed by atoms with Crippen molar-refractivity contribution in [1.82, 2.24) is 19.5 Å². The van der Waals surface area contributed by atoms with Gasteiger partial charge in [-0.05, 0) is 37.1 Å². The molecule has 3 aromatic rings. The second kappa shape index (κ2) is 7.44. The van der Waals surface area contributed by atoms with E-state index in [1.165, 1.54) is 10.5 Å². The zero-order chi connectivity index (χ0) is 21.6. The smallest absolute Gasteiger partial charge is 0.417 e. The largest absolute Gasteiger partial charge is 0.485 e. The van der Waals surface area contributed by atoms with Crippen molar-refractivity contribution in [3.05, 3.63) is 54.0 Å². The monoisotopic (exact) mass is 432 g/mol. The van der Waals surface area contributed by atoms with E-state index < -0.39 is 17.8 Å². The van der Waals surface area contributed by atoms with Gasteiger partial charge in [-0.25, -0.2) is 0 Å². The summed E-state index contributed by atoms with van der Waals surface area (Å²) in [7, 11) is 0. The Morgan fingerprint density at radius 3 is 2.71 bits per heavy atom. The number of alkyl halides is 3. The first-order valence-electron chi connectivity index (χ1n) is 9.99. The molecular weight excluding hydrogens is 413 g/mol. The van der Waals surface area contributed by atoms with Gasteiger partial charge >= 0.3 is 6.18 Å². The van der Waals surface area contributed by atoms with E-state index in [0.717, 1.165) is 12.3 Å². The molecule has 0 spiro atoms. The van der Waals surface area contributed by atoms with Crippen LogP contribution in [0.3, 0.4) is 0 Å². The molecule has 2 atom stereocenters. The predicted molar refractivity (Wildman–Crippen MR) is 103 cm³/mol. The fourth-order valence-electron chi connectivity index (χ4n) is 4.09. The summed E-state index contributed by atoms with van der Waals surface area (Å²) in [4.78, 5) is 14.7. The Morgan fingerprint density at radius 2 is 1.90 bits per heavy atom. The third-order valence-corrected chi connectivity index (χ3v) is 5.64. The number of piperidine rings is 1. The van der Waals surface area contributed by atoms with Crippen LogP contribution in [0.4, 0.5) is 13.2 Å². The minimum Gasteiger partial charge on any atom is -0.485 e. The number of hydrogen-bond donors (Lipinski definition) is 0. The third-order valence-electron chi connectivity index (χ3n) is 5.64. The lowest BCUT2D eigenvalue weighted by molar-refractivity contribution is -0.142. The third kappa shape index (κ3) is 3.66. The maximum atomic E-state index is 13.1. The summed E-state index contributed by atoms with van der Waals surface area (Å²) in [6.45, 7) is 0.985. The van der Waals surface area contributed by atoms with Gasteiger partial charge in [-0.15, -0.1) is 10.2 Å². The van der Waals surface area contributed by atoms with Gasteiger partial charge in [0.2, 0.25) is 6.10 Å². The van der Waals surface area contributed by atoms with E-state index in [-0.39, 0.29) is 18.4 Å². The predicted octanol–water partition coefficient (Wildman–Crippen LogP) is 3.29. The van der Waals surface area contributed by atoms with Crippen molar-refractivity contribution in [2.75, 3.05) is 19.7 Å². The molecule has 2 aliphatic heterocycles. The molecule has 1 aromatic carbocycles. The molecule has 0 N–H and O–H groups in total. The SMILES string of the molecule is O=C([C@@H]1COc2ccccc2O1)N1CCC[C@H](c2nnc3ccc(C(F)(F)F)cn23)C1. The number of fused-ring (bicyclic) bond motifs is 2. The molecule has 0 radical (unpaired) electrons. The Bertz CT molecular complexity index is 1130. The number of aromatic nitrogens is 3. The molecule has 10 heteroatoms. The molecule has 0 aliphatic carbocycles. The van der Waals surface area contributed by atoms with Crippen molar-refractivity contribution in [2.24, 2.45) is 0 Å². The highest BCUT2D eigenvalue weighted by Gasteiger charge is 2.36. The Morgan fingerprint density at radius 1 is 1.10 bits per heavy atom. The number of para-hydroxylation sites is 2. The first kappa shape index (κ1) is 19.7. The van der Waals surface area contributed by atoms with E-state index in [2.05, 4.69) is 10.2 Å². The van der Waals surface area contributed by atoms with Gasteiger partial charge in [-0.2, -0.15) is 13.2 Å². The van der Waals surface area contributed by atoms with Crippen molar-refractivity contribution < 1.29 is 27.4 Å². The van der Waals surface area contributed by atoms with Crippen LogP contribution in [-0.4, -0.2) is 51.2 Å². The second-order valence-corrected chi connectivity index (χ2v) is 7.69. The van der Waals surface area contributed by atoms with Crippen LogP contribution in [0.1, 0.15) is 30.1 Å². The van der Waals surface area contributed by atoms with Crippen LogP contribution in [0.25, 0.3) is 5.65 Å². The Kier molecular flexibility index (Phi) is 4.71. The van der Waals surface area contributed by atoms with E-state index in [0.29, 0.717) is 48.9 Å². The van der Waals surface area contributed by atoms with Gasteiger partial charge in [0, 0.05) is 25.2 Å². The molecule has 0 unspecified atom stereocenters. The quantitative estimate of drug-likeness (QED) is 0.622. The number of benzene rings is 1. The number of pyridine rings is 1. The van der Waals surface area contributed by atoms with Crippen LogP contribution >= 0.6 is 0 Å². The fourth-order valence-corrected chi connectivity index (χ4v) is 4.09. The van der Waals surface area contributed by atoms with Gasteiger partial charge in [0.15, 0.2) is 17.1 Å². The zero-order valence-corrected chi connectivity index (χ0v) is 16.4. The number of hydrogen-bond acceptors (Lipinski definition) is 5. The summed E-state index contributed by atoms with van der Waals surface area (Å²) in [5.74, 6) is 1.10. The topological polar surface area (TPSA) is 69.0 Å². The molecule has 0 bridgehead atoms. The Labute approximate surface area is 175 Å². The summed E-state index contributed by atoms with van der Waals surface area (Å²) in [6.07, 6.45) is -2.81. The fraction of sp³-hybridized carbons (Fsp3) is 0.381. The van der Waals surface area contributed by atoms with Crippen molar-refractivity contribution in [1.29, 1.82) is 0 Å². The first-order chi connectivity index (χ1) is 14.9. The van der Waals surface area contributed by atoms with E-state index >= 15 is 0 Å². The molecule has 162 valence electrons. The summed E-state index contributed by atoms with van der Waals surface area (Å²) in [5, 5.41) is 8.13. The van der Waals surface area contributed by atoms with Gasteiger partial charge < -0.3 is 14.4 Å². The highest BCUT2D eigenvalue weighted by atomic mass is 19.4. The van der Waals surface area contributed by atoms with Crippen molar-refractivity contribution in [3.8, 4) is 11.5 Å². The molecule has 1 amide bonds. The highest BCUT2D eigenvalue weighted by molar-refractivity contribution is 5.82. The molecule has 0 saturated carbocycles. The lowest BCUT2D eigenvalue weighted by atomic mass is 9.96. The number of ether oxygens (including phenoxy) is 2. The van der Waals surface area contributed by atoms with Gasteiger partial charge in [0.25, 0.3) is 5.91 Å². The number of likely N-dealkylation sites (tertiary alicyclic amines) is 1. The average molecular weight is 432 g/mol. The van der Waals surface area contributed by atoms with Crippen LogP contribution in [0.5, 0.6) is 11.5 Å². The maximum absolute atomic E-state index is 13.1. The summed E-state index contributed by atoms with van der Waals surface area (Å²) in [6, 6.07) is 9.44. The molecule has 1 fully saturated rings. The number of nitrogens with zero attached hydrogens (tertiary/aromatic N) is 4. The zero-order valence-electron chi connectivity index (χ0n) is 16.4. The van der Waals surface area contributed by atoms with Crippen LogP contribution in [0.15, 0.2) is 42.6 Å². The van der Waals surface area contributed by atoms with E-state index in [1.54, 1.807) is 23.1 Å². The van der Waals surface area contributed by atoms with Crippen LogP contribution in [0.2, 0.25) is 0 Å². The summed E-state index contributed by atoms with van der Waals surface area (Å²) >= 11 is 0. The minimum atomic E-state index is -4.46. The molecule has 4 heterocycles. The van der Waals surface area contributed by atoms with Crippen molar-refractivity contribution >= 4 is 11.6 Å². The molecule has 2 aliphatic rings. The highest BCUT2D eigenvalue weighted by Crippen LogP contribution is 2.33. The van der Waals surface area contributed by atoms with Gasteiger partial charge in [0.1, 0.15) is 12.4 Å². The molecule has 2 aromatic heterocycles. The van der Waals surface area contributed by atoms with E-state index in [9.17, 15) is 18.0 Å². The lowest BCUT2D eigenvalue weighted by Crippen LogP contribution is -2.49. The van der Waals surface area contributed by atoms with E-state index in [1.807, 2.05) is 6.07 Å². The van der Waals surface area contributed by atoms with Crippen molar-refractivity contribution in [3.63, 3.8) is 0 Å². The average Bonchev–Trinajstić information content (AvgIpc) is 3.21. The van der Waals surface area contributed by atoms with Gasteiger partial charge in [0.05, 0.1) is 5.56 Å². The number of carbonyl (C=O) groups is 1. The van der Waals surface area contributed by atoms with Gasteiger partial charge in [-0.1, -0.05) is 12.1 Å². The number of halogens is 3. The van der Waals surface area contributed by atoms with Crippen LogP contribution in [-0.2, 0) is 11.0 Å². The molecule has 31 heavy (non-hydrogen) atoms. The number of amides is 1. The summed E-state index contributed by atoms with van der Waals surface area (Å²) in [5.41, 5.74) is -0.428. The Hall–Kier alpha value is -3.30. The number of carbonyl (C=O) groups excluding carboxylic acids is 1. The lowest BCUT2D eigenvalue weighted by Gasteiger charge is -2.35. The minimum absolute atomic E-state index is 0.111. The normalized spacial score (nSPS) is 21.3. The van der Waals surface area contributed by atoms with E-state index in [4.69, 9.17) is 9.47 Å². The molecule has 5 rings (SSSR count). The van der Waals surface area contributed by atoms with Crippen LogP contribution in [0, 0.1) is 0 Å². The van der Waals surface area contributed by atoms with Crippen molar-refractivity contribution in [2.45, 2.75) is 31.0 Å². The molecule has 7 nitrogen and oxygen atoms in total. The maximum Gasteiger partial charge on any atom is 0.417 e. The molecular formula is C21H19F3N4O3. The summed E-state index contributed by atoms with van der Waals surface area (Å²) < 4.78 is 52.3. The molecule has 1 saturated heterocycles. The number of rotatable bonds is 2. The van der Waals surface area contributed by atoms with Crippen LogP contribution < -0.4 is 9.47 Å². The Balaban J connectivity index is 1.36.